The molecule has 4 rings (SSSR count). The van der Waals surface area contributed by atoms with Gasteiger partial charge in [-0.05, 0) is 74.8 Å². The second kappa shape index (κ2) is 8.37. The van der Waals surface area contributed by atoms with Gasteiger partial charge in [-0.15, -0.1) is 0 Å². The summed E-state index contributed by atoms with van der Waals surface area (Å²) in [4.78, 5) is 17.0. The van der Waals surface area contributed by atoms with E-state index in [0.717, 1.165) is 48.3 Å². The average Bonchev–Trinajstić information content (AvgIpc) is 3.12. The molecule has 158 valence electrons. The van der Waals surface area contributed by atoms with Crippen molar-refractivity contribution < 1.29 is 4.79 Å². The second-order valence-electron chi connectivity index (χ2n) is 8.10. The molecule has 2 aliphatic rings. The van der Waals surface area contributed by atoms with Crippen molar-refractivity contribution in [1.29, 1.82) is 0 Å². The van der Waals surface area contributed by atoms with Gasteiger partial charge in [0, 0.05) is 30.2 Å². The normalized spacial score (nSPS) is 19.4. The van der Waals surface area contributed by atoms with Crippen LogP contribution in [0.1, 0.15) is 49.1 Å². The van der Waals surface area contributed by atoms with Gasteiger partial charge in [0.2, 0.25) is 0 Å². The molecule has 30 heavy (non-hydrogen) atoms. The van der Waals surface area contributed by atoms with Crippen LogP contribution in [-0.2, 0) is 4.79 Å². The summed E-state index contributed by atoms with van der Waals surface area (Å²) in [6.07, 6.45) is 7.56. The molecule has 2 heterocycles. The van der Waals surface area contributed by atoms with Gasteiger partial charge >= 0.3 is 0 Å². The van der Waals surface area contributed by atoms with Crippen LogP contribution in [0.2, 0.25) is 10.0 Å². The van der Waals surface area contributed by atoms with Crippen LogP contribution in [0.5, 0.6) is 0 Å². The Hall–Kier alpha value is -1.82. The molecule has 1 saturated heterocycles. The molecular weight excluding hydrogens is 437 g/mol. The minimum atomic E-state index is 0.00809. The summed E-state index contributed by atoms with van der Waals surface area (Å²) in [5.41, 5.74) is 4.63. The number of carbonyl (C=O) groups excluding carboxylic acids is 1. The lowest BCUT2D eigenvalue weighted by Crippen LogP contribution is -2.41. The number of hydrogen-bond donors (Lipinski definition) is 0. The Morgan fingerprint density at radius 3 is 2.43 bits per heavy atom. The largest absolute Gasteiger partial charge is 0.318 e. The van der Waals surface area contributed by atoms with Crippen LogP contribution in [0.4, 0.5) is 0 Å². The SMILES string of the molecule is Cc1cc(/C=C2/C(=O)N(C3CCCCC3)C(=S)N2C)c(C)n1-c1ccc(Cl)c(Cl)c1. The number of likely N-dealkylation sites (N-methyl/N-ethyl adjacent to an activating group) is 1. The van der Waals surface area contributed by atoms with E-state index in [-0.39, 0.29) is 11.9 Å². The van der Waals surface area contributed by atoms with E-state index in [1.807, 2.05) is 48.9 Å². The molecule has 1 aromatic carbocycles. The van der Waals surface area contributed by atoms with Gasteiger partial charge in [-0.3, -0.25) is 9.69 Å². The lowest BCUT2D eigenvalue weighted by molar-refractivity contribution is -0.124. The summed E-state index contributed by atoms with van der Waals surface area (Å²) in [6.45, 7) is 4.08. The monoisotopic (exact) mass is 461 g/mol. The number of thiocarbonyl (C=S) groups is 1. The quantitative estimate of drug-likeness (QED) is 0.406. The first-order valence-corrected chi connectivity index (χ1v) is 11.4. The molecule has 1 aromatic heterocycles. The third kappa shape index (κ3) is 3.68. The van der Waals surface area contributed by atoms with Crippen molar-refractivity contribution in [3.63, 3.8) is 0 Å². The fourth-order valence-electron chi connectivity index (χ4n) is 4.54. The van der Waals surface area contributed by atoms with Gasteiger partial charge in [0.15, 0.2) is 5.11 Å². The molecule has 0 spiro atoms. The first kappa shape index (κ1) is 21.4. The number of aryl methyl sites for hydroxylation is 1. The van der Waals surface area contributed by atoms with Crippen LogP contribution in [0.3, 0.4) is 0 Å². The first-order chi connectivity index (χ1) is 14.3. The summed E-state index contributed by atoms with van der Waals surface area (Å²) < 4.78 is 2.12. The number of nitrogens with zero attached hydrogens (tertiary/aromatic N) is 3. The van der Waals surface area contributed by atoms with Gasteiger partial charge in [0.05, 0.1) is 10.0 Å². The van der Waals surface area contributed by atoms with Gasteiger partial charge in [0.1, 0.15) is 5.70 Å². The zero-order valence-corrected chi connectivity index (χ0v) is 19.7. The Labute approximate surface area is 193 Å². The number of amides is 1. The van der Waals surface area contributed by atoms with Gasteiger partial charge < -0.3 is 9.47 Å². The molecule has 0 unspecified atom stereocenters. The van der Waals surface area contributed by atoms with Crippen LogP contribution in [-0.4, -0.2) is 38.5 Å². The molecule has 1 aliphatic carbocycles. The van der Waals surface area contributed by atoms with Crippen molar-refractivity contribution in [2.24, 2.45) is 0 Å². The Bertz CT molecular complexity index is 1050. The van der Waals surface area contributed by atoms with Crippen molar-refractivity contribution >= 4 is 52.5 Å². The molecule has 4 nitrogen and oxygen atoms in total. The fraction of sp³-hybridized carbons (Fsp3) is 0.391. The summed E-state index contributed by atoms with van der Waals surface area (Å²) in [7, 11) is 1.88. The van der Waals surface area contributed by atoms with Gasteiger partial charge in [-0.25, -0.2) is 0 Å². The average molecular weight is 462 g/mol. The van der Waals surface area contributed by atoms with E-state index in [4.69, 9.17) is 35.4 Å². The number of halogens is 2. The highest BCUT2D eigenvalue weighted by Gasteiger charge is 2.40. The summed E-state index contributed by atoms with van der Waals surface area (Å²) >= 11 is 17.9. The van der Waals surface area contributed by atoms with Crippen LogP contribution < -0.4 is 0 Å². The van der Waals surface area contributed by atoms with Crippen LogP contribution in [0, 0.1) is 13.8 Å². The molecule has 2 aromatic rings. The standard InChI is InChI=1S/C23H25Cl2N3OS/c1-14-11-16(15(2)27(14)18-9-10-19(24)20(25)13-18)12-21-22(29)28(23(30)26(21)3)17-7-5-4-6-8-17/h9-13,17H,4-8H2,1-3H3/b21-12-. The Balaban J connectivity index is 1.70. The lowest BCUT2D eigenvalue weighted by atomic mass is 9.94. The number of aromatic nitrogens is 1. The van der Waals surface area contributed by atoms with Crippen LogP contribution >= 0.6 is 35.4 Å². The molecule has 1 amide bonds. The topological polar surface area (TPSA) is 28.5 Å². The molecule has 0 N–H and O–H groups in total. The molecule has 0 atom stereocenters. The van der Waals surface area contributed by atoms with Crippen molar-refractivity contribution in [3.05, 3.63) is 57.0 Å². The van der Waals surface area contributed by atoms with Gasteiger partial charge in [-0.1, -0.05) is 42.5 Å². The van der Waals surface area contributed by atoms with Gasteiger partial charge in [-0.2, -0.15) is 0 Å². The summed E-state index contributed by atoms with van der Waals surface area (Å²) in [5.74, 6) is 0.00809. The third-order valence-electron chi connectivity index (χ3n) is 6.16. The lowest BCUT2D eigenvalue weighted by Gasteiger charge is -2.30. The number of hydrogen-bond acceptors (Lipinski definition) is 2. The fourth-order valence-corrected chi connectivity index (χ4v) is 5.16. The highest BCUT2D eigenvalue weighted by Crippen LogP contribution is 2.32. The van der Waals surface area contributed by atoms with Crippen molar-refractivity contribution in [3.8, 4) is 5.69 Å². The predicted octanol–water partition coefficient (Wildman–Crippen LogP) is 6.13. The van der Waals surface area contributed by atoms with E-state index in [1.165, 1.54) is 6.42 Å². The minimum absolute atomic E-state index is 0.00809. The van der Waals surface area contributed by atoms with Crippen molar-refractivity contribution in [2.75, 3.05) is 7.05 Å². The van der Waals surface area contributed by atoms with E-state index in [1.54, 1.807) is 6.07 Å². The van der Waals surface area contributed by atoms with E-state index >= 15 is 0 Å². The maximum absolute atomic E-state index is 13.3. The molecule has 7 heteroatoms. The molecule has 1 aliphatic heterocycles. The smallest absolute Gasteiger partial charge is 0.277 e. The highest BCUT2D eigenvalue weighted by atomic mass is 35.5. The van der Waals surface area contributed by atoms with Crippen LogP contribution in [0.25, 0.3) is 11.8 Å². The first-order valence-electron chi connectivity index (χ1n) is 10.3. The highest BCUT2D eigenvalue weighted by molar-refractivity contribution is 7.80. The maximum atomic E-state index is 13.3. The third-order valence-corrected chi connectivity index (χ3v) is 7.37. The Morgan fingerprint density at radius 2 is 1.77 bits per heavy atom. The zero-order valence-electron chi connectivity index (χ0n) is 17.4. The summed E-state index contributed by atoms with van der Waals surface area (Å²) in [5, 5.41) is 1.65. The summed E-state index contributed by atoms with van der Waals surface area (Å²) in [6, 6.07) is 7.89. The van der Waals surface area contributed by atoms with Gasteiger partial charge in [0.25, 0.3) is 5.91 Å². The number of rotatable bonds is 3. The Morgan fingerprint density at radius 1 is 1.07 bits per heavy atom. The second-order valence-corrected chi connectivity index (χ2v) is 9.28. The number of benzene rings is 1. The van der Waals surface area contributed by atoms with Crippen molar-refractivity contribution in [1.82, 2.24) is 14.4 Å². The minimum Gasteiger partial charge on any atom is -0.318 e. The maximum Gasteiger partial charge on any atom is 0.277 e. The van der Waals surface area contributed by atoms with Crippen molar-refractivity contribution in [2.45, 2.75) is 52.0 Å². The van der Waals surface area contributed by atoms with Crippen LogP contribution in [0.15, 0.2) is 30.0 Å². The predicted molar refractivity (Wildman–Crippen MR) is 127 cm³/mol. The molecule has 0 radical (unpaired) electrons. The molecule has 2 fully saturated rings. The molecular formula is C23H25Cl2N3OS. The van der Waals surface area contributed by atoms with E-state index < -0.39 is 0 Å². The molecule has 1 saturated carbocycles. The van der Waals surface area contributed by atoms with E-state index in [0.29, 0.717) is 20.9 Å². The molecule has 0 bridgehead atoms. The van der Waals surface area contributed by atoms with E-state index in [9.17, 15) is 4.79 Å². The van der Waals surface area contributed by atoms with E-state index in [2.05, 4.69) is 10.6 Å². The Kier molecular flexibility index (Phi) is 5.97. The number of carbonyl (C=O) groups is 1. The zero-order chi connectivity index (χ0) is 21.6.